The highest BCUT2D eigenvalue weighted by atomic mass is 127. The number of guanidine groups is 1. The van der Waals surface area contributed by atoms with Crippen molar-refractivity contribution in [2.45, 2.75) is 25.8 Å². The third kappa shape index (κ3) is 6.75. The average Bonchev–Trinajstić information content (AvgIpc) is 2.69. The molecule has 0 spiro atoms. The number of methoxy groups -OCH3 is 2. The van der Waals surface area contributed by atoms with Gasteiger partial charge in [0.25, 0.3) is 0 Å². The van der Waals surface area contributed by atoms with Gasteiger partial charge < -0.3 is 25.0 Å². The molecule has 0 saturated carbocycles. The van der Waals surface area contributed by atoms with Crippen molar-refractivity contribution in [1.29, 1.82) is 0 Å². The first-order chi connectivity index (χ1) is 12.6. The molecule has 152 valence electrons. The second-order valence-corrected chi connectivity index (χ2v) is 6.39. The highest BCUT2D eigenvalue weighted by molar-refractivity contribution is 14.0. The van der Waals surface area contributed by atoms with Gasteiger partial charge >= 0.3 is 0 Å². The number of ether oxygens (including phenoxy) is 2. The van der Waals surface area contributed by atoms with Gasteiger partial charge in [0, 0.05) is 51.8 Å². The Labute approximate surface area is 178 Å². The molecule has 1 heterocycles. The van der Waals surface area contributed by atoms with Gasteiger partial charge in [-0.15, -0.1) is 24.0 Å². The molecule has 1 aromatic rings. The Kier molecular flexibility index (Phi) is 10.3. The van der Waals surface area contributed by atoms with Gasteiger partial charge in [0.1, 0.15) is 11.5 Å². The Balaban J connectivity index is 0.00000364. The lowest BCUT2D eigenvalue weighted by atomic mass is 9.93. The molecule has 2 N–H and O–H groups in total. The van der Waals surface area contributed by atoms with E-state index in [1.807, 2.05) is 18.2 Å². The van der Waals surface area contributed by atoms with Crippen molar-refractivity contribution in [3.05, 3.63) is 23.8 Å². The number of piperidine rings is 1. The number of aliphatic imine (C=N–C) groups is 1. The van der Waals surface area contributed by atoms with Crippen molar-refractivity contribution in [1.82, 2.24) is 15.5 Å². The van der Waals surface area contributed by atoms with E-state index in [1.54, 1.807) is 28.3 Å². The van der Waals surface area contributed by atoms with Crippen LogP contribution in [0.4, 0.5) is 0 Å². The van der Waals surface area contributed by atoms with Gasteiger partial charge in [-0.3, -0.25) is 9.79 Å². The molecule has 1 amide bonds. The molecule has 27 heavy (non-hydrogen) atoms. The minimum atomic E-state index is 0. The van der Waals surface area contributed by atoms with Crippen molar-refractivity contribution >= 4 is 35.8 Å². The van der Waals surface area contributed by atoms with Gasteiger partial charge in [0.2, 0.25) is 5.91 Å². The molecule has 1 saturated heterocycles. The van der Waals surface area contributed by atoms with Crippen LogP contribution >= 0.6 is 24.0 Å². The fourth-order valence-corrected chi connectivity index (χ4v) is 3.22. The molecule has 7 nitrogen and oxygen atoms in total. The first kappa shape index (κ1) is 23.3. The van der Waals surface area contributed by atoms with Crippen LogP contribution in [-0.2, 0) is 11.3 Å². The lowest BCUT2D eigenvalue weighted by Gasteiger charge is -2.34. The Hall–Kier alpha value is -1.71. The molecular weight excluding hydrogens is 459 g/mol. The third-order valence-corrected chi connectivity index (χ3v) is 4.81. The number of hydrogen-bond donors (Lipinski definition) is 2. The molecule has 2 rings (SSSR count). The number of nitrogens with zero attached hydrogens (tertiary/aromatic N) is 2. The highest BCUT2D eigenvalue weighted by Gasteiger charge is 2.23. The molecular formula is C19H31IN4O3. The molecule has 0 aromatic heterocycles. The molecule has 1 aromatic carbocycles. The van der Waals surface area contributed by atoms with E-state index in [-0.39, 0.29) is 29.9 Å². The molecule has 1 aliphatic heterocycles. The third-order valence-electron chi connectivity index (χ3n) is 4.81. The van der Waals surface area contributed by atoms with Crippen LogP contribution in [0.1, 0.15) is 24.8 Å². The van der Waals surface area contributed by atoms with Crippen LogP contribution in [0, 0.1) is 5.92 Å². The van der Waals surface area contributed by atoms with E-state index in [9.17, 15) is 4.79 Å². The summed E-state index contributed by atoms with van der Waals surface area (Å²) in [7, 11) is 6.79. The number of benzene rings is 1. The van der Waals surface area contributed by atoms with Crippen LogP contribution in [0.3, 0.4) is 0 Å². The summed E-state index contributed by atoms with van der Waals surface area (Å²) in [5, 5.41) is 6.12. The second-order valence-electron chi connectivity index (χ2n) is 6.39. The van der Waals surface area contributed by atoms with Crippen molar-refractivity contribution < 1.29 is 14.3 Å². The number of amides is 1. The first-order valence-electron chi connectivity index (χ1n) is 8.98. The Morgan fingerprint density at radius 2 is 1.96 bits per heavy atom. The van der Waals surface area contributed by atoms with Crippen LogP contribution in [-0.4, -0.2) is 58.2 Å². The van der Waals surface area contributed by atoms with Crippen molar-refractivity contribution in [3.8, 4) is 11.5 Å². The lowest BCUT2D eigenvalue weighted by Crippen LogP contribution is -2.45. The molecule has 0 bridgehead atoms. The summed E-state index contributed by atoms with van der Waals surface area (Å²) in [6.45, 7) is 2.43. The summed E-state index contributed by atoms with van der Waals surface area (Å²) in [4.78, 5) is 18.2. The van der Waals surface area contributed by atoms with E-state index in [2.05, 4.69) is 20.5 Å². The van der Waals surface area contributed by atoms with Crippen LogP contribution in [0.5, 0.6) is 11.5 Å². The van der Waals surface area contributed by atoms with Gasteiger partial charge in [-0.05, 0) is 30.9 Å². The number of hydrogen-bond acceptors (Lipinski definition) is 4. The van der Waals surface area contributed by atoms with Gasteiger partial charge in [-0.25, -0.2) is 0 Å². The van der Waals surface area contributed by atoms with E-state index in [1.165, 1.54) is 0 Å². The van der Waals surface area contributed by atoms with Gasteiger partial charge in [-0.2, -0.15) is 0 Å². The molecule has 1 aliphatic rings. The lowest BCUT2D eigenvalue weighted by molar-refractivity contribution is -0.121. The van der Waals surface area contributed by atoms with E-state index in [0.29, 0.717) is 18.9 Å². The number of nitrogens with one attached hydrogen (secondary N) is 2. The maximum atomic E-state index is 11.5. The standard InChI is InChI=1S/C19H30N4O3.HI/c1-20-18(24)11-14-7-9-23(10-8-14)19(21-2)22-13-15-5-6-16(25-3)12-17(15)26-4;/h5-6,12,14H,7-11,13H2,1-4H3,(H,20,24)(H,21,22);1H. The maximum Gasteiger partial charge on any atom is 0.220 e. The van der Waals surface area contributed by atoms with E-state index < -0.39 is 0 Å². The summed E-state index contributed by atoms with van der Waals surface area (Å²) >= 11 is 0. The summed E-state index contributed by atoms with van der Waals surface area (Å²) in [6.07, 6.45) is 2.61. The summed E-state index contributed by atoms with van der Waals surface area (Å²) in [5.41, 5.74) is 1.05. The summed E-state index contributed by atoms with van der Waals surface area (Å²) < 4.78 is 10.7. The average molecular weight is 490 g/mol. The topological polar surface area (TPSA) is 75.2 Å². The van der Waals surface area contributed by atoms with Crippen molar-refractivity contribution in [2.24, 2.45) is 10.9 Å². The predicted molar refractivity (Wildman–Crippen MR) is 118 cm³/mol. The van der Waals surface area contributed by atoms with Crippen LogP contribution < -0.4 is 20.1 Å². The second kappa shape index (κ2) is 11.9. The zero-order valence-electron chi connectivity index (χ0n) is 16.6. The fraction of sp³-hybridized carbons (Fsp3) is 0.579. The van der Waals surface area contributed by atoms with Crippen molar-refractivity contribution in [2.75, 3.05) is 41.4 Å². The molecule has 0 radical (unpaired) electrons. The van der Waals surface area contributed by atoms with Crippen LogP contribution in [0.25, 0.3) is 0 Å². The van der Waals surface area contributed by atoms with E-state index in [0.717, 1.165) is 49.0 Å². The molecule has 0 aliphatic carbocycles. The number of halogens is 1. The largest absolute Gasteiger partial charge is 0.497 e. The quantitative estimate of drug-likeness (QED) is 0.364. The predicted octanol–water partition coefficient (Wildman–Crippen LogP) is 2.25. The summed E-state index contributed by atoms with van der Waals surface area (Å²) in [6, 6.07) is 5.80. The normalized spacial score (nSPS) is 15.0. The molecule has 1 fully saturated rings. The first-order valence-corrected chi connectivity index (χ1v) is 8.98. The zero-order valence-corrected chi connectivity index (χ0v) is 18.9. The van der Waals surface area contributed by atoms with Gasteiger partial charge in [0.15, 0.2) is 5.96 Å². The minimum absolute atomic E-state index is 0. The van der Waals surface area contributed by atoms with Crippen LogP contribution in [0.15, 0.2) is 23.2 Å². The van der Waals surface area contributed by atoms with Crippen molar-refractivity contribution in [3.63, 3.8) is 0 Å². The van der Waals surface area contributed by atoms with E-state index >= 15 is 0 Å². The smallest absolute Gasteiger partial charge is 0.220 e. The van der Waals surface area contributed by atoms with Gasteiger partial charge in [0.05, 0.1) is 14.2 Å². The number of rotatable bonds is 6. The number of carbonyl (C=O) groups excluding carboxylic acids is 1. The summed E-state index contributed by atoms with van der Waals surface area (Å²) in [5.74, 6) is 3.01. The monoisotopic (exact) mass is 490 g/mol. The Bertz CT molecular complexity index is 631. The van der Waals surface area contributed by atoms with E-state index in [4.69, 9.17) is 9.47 Å². The Morgan fingerprint density at radius 1 is 1.26 bits per heavy atom. The SMILES string of the molecule is CN=C(NCc1ccc(OC)cc1OC)N1CCC(CC(=O)NC)CC1.I. The molecule has 0 atom stereocenters. The number of likely N-dealkylation sites (tertiary alicyclic amines) is 1. The molecule has 8 heteroatoms. The molecule has 0 unspecified atom stereocenters. The van der Waals surface area contributed by atoms with Gasteiger partial charge in [-0.1, -0.05) is 0 Å². The fourth-order valence-electron chi connectivity index (χ4n) is 3.22. The number of carbonyl (C=O) groups is 1. The minimum Gasteiger partial charge on any atom is -0.497 e. The highest BCUT2D eigenvalue weighted by Crippen LogP contribution is 2.25. The zero-order chi connectivity index (χ0) is 18.9. The van der Waals surface area contributed by atoms with Crippen LogP contribution in [0.2, 0.25) is 0 Å². The maximum absolute atomic E-state index is 11.5. The Morgan fingerprint density at radius 3 is 2.52 bits per heavy atom.